The first kappa shape index (κ1) is 14.6. The van der Waals surface area contributed by atoms with Gasteiger partial charge in [-0.3, -0.25) is 4.79 Å². The molecular weight excluding hydrogens is 306 g/mol. The average molecular weight is 323 g/mol. The lowest BCUT2D eigenvalue weighted by Gasteiger charge is -2.38. The van der Waals surface area contributed by atoms with Gasteiger partial charge in [0, 0.05) is 25.8 Å². The van der Waals surface area contributed by atoms with E-state index in [-0.39, 0.29) is 11.8 Å². The van der Waals surface area contributed by atoms with Crippen LogP contribution in [0.15, 0.2) is 30.6 Å². The number of hydrogen-bond acceptors (Lipinski definition) is 6. The first-order chi connectivity index (χ1) is 11.6. The molecule has 0 spiro atoms. The van der Waals surface area contributed by atoms with Gasteiger partial charge in [0.1, 0.15) is 6.33 Å². The van der Waals surface area contributed by atoms with Crippen LogP contribution in [0.25, 0.3) is 11.2 Å². The molecule has 1 N–H and O–H groups in total. The summed E-state index contributed by atoms with van der Waals surface area (Å²) in [6.45, 7) is 3.20. The summed E-state index contributed by atoms with van der Waals surface area (Å²) in [6.07, 6.45) is 1.50. The van der Waals surface area contributed by atoms with Crippen LogP contribution in [0.4, 0.5) is 11.5 Å². The van der Waals surface area contributed by atoms with Crippen molar-refractivity contribution < 1.29 is 4.79 Å². The van der Waals surface area contributed by atoms with Crippen LogP contribution < -0.4 is 10.2 Å². The Labute approximate surface area is 138 Å². The molecule has 8 heteroatoms. The minimum absolute atomic E-state index is 0.0324. The van der Waals surface area contributed by atoms with Gasteiger partial charge in [-0.15, -0.1) is 5.10 Å². The van der Waals surface area contributed by atoms with E-state index in [1.807, 2.05) is 36.1 Å². The summed E-state index contributed by atoms with van der Waals surface area (Å²) in [5, 5.41) is 11.1. The Morgan fingerprint density at radius 1 is 1.25 bits per heavy atom. The van der Waals surface area contributed by atoms with Crippen LogP contribution in [-0.2, 0) is 11.8 Å². The molecule has 0 atom stereocenters. The summed E-state index contributed by atoms with van der Waals surface area (Å²) in [5.74, 6) is 0.698. The maximum Gasteiger partial charge on any atom is 0.231 e. The third kappa shape index (κ3) is 2.36. The molecule has 4 rings (SSSR count). The lowest BCUT2D eigenvalue weighted by Crippen LogP contribution is -2.52. The van der Waals surface area contributed by atoms with Crippen LogP contribution in [0.2, 0.25) is 0 Å². The van der Waals surface area contributed by atoms with E-state index < -0.39 is 0 Å². The van der Waals surface area contributed by atoms with E-state index in [0.29, 0.717) is 24.3 Å². The Morgan fingerprint density at radius 2 is 2.04 bits per heavy atom. The Hall–Kier alpha value is -3.03. The molecule has 0 aliphatic carbocycles. The van der Waals surface area contributed by atoms with Crippen LogP contribution >= 0.6 is 0 Å². The van der Waals surface area contributed by atoms with Crippen molar-refractivity contribution in [1.82, 2.24) is 25.0 Å². The minimum atomic E-state index is -0.0636. The summed E-state index contributed by atoms with van der Waals surface area (Å²) in [7, 11) is 1.79. The molecule has 3 heterocycles. The molecular formula is C16H17N7O. The number of aryl methyl sites for hydroxylation is 2. The van der Waals surface area contributed by atoms with E-state index in [4.69, 9.17) is 0 Å². The second-order valence-corrected chi connectivity index (χ2v) is 5.99. The molecule has 1 fully saturated rings. The molecule has 122 valence electrons. The number of rotatable bonds is 3. The van der Waals surface area contributed by atoms with Gasteiger partial charge in [-0.25, -0.2) is 14.6 Å². The van der Waals surface area contributed by atoms with Crippen molar-refractivity contribution in [2.24, 2.45) is 13.0 Å². The monoisotopic (exact) mass is 323 g/mol. The van der Waals surface area contributed by atoms with Crippen LogP contribution in [0, 0.1) is 12.8 Å². The second kappa shape index (κ2) is 5.55. The van der Waals surface area contributed by atoms with Crippen LogP contribution in [0.5, 0.6) is 0 Å². The third-order valence-corrected chi connectivity index (χ3v) is 4.32. The highest BCUT2D eigenvalue weighted by molar-refractivity contribution is 5.95. The fourth-order valence-electron chi connectivity index (χ4n) is 2.84. The van der Waals surface area contributed by atoms with Crippen molar-refractivity contribution in [1.29, 1.82) is 0 Å². The van der Waals surface area contributed by atoms with Gasteiger partial charge in [0.25, 0.3) is 0 Å². The molecule has 24 heavy (non-hydrogen) atoms. The van der Waals surface area contributed by atoms with Crippen molar-refractivity contribution in [3.8, 4) is 0 Å². The molecule has 0 unspecified atom stereocenters. The number of hydrogen-bond donors (Lipinski definition) is 1. The standard InChI is InChI=1S/C16H17N7O/c1-10-5-3-4-6-12(10)19-16(24)11-7-23(8-11)15-13-14(17-9-18-15)22(2)21-20-13/h3-6,9,11H,7-8H2,1-2H3,(H,19,24). The van der Waals surface area contributed by atoms with Crippen molar-refractivity contribution in [3.63, 3.8) is 0 Å². The predicted molar refractivity (Wildman–Crippen MR) is 89.6 cm³/mol. The Kier molecular flexibility index (Phi) is 3.37. The smallest absolute Gasteiger partial charge is 0.231 e. The number of amides is 1. The number of nitrogens with zero attached hydrogens (tertiary/aromatic N) is 6. The van der Waals surface area contributed by atoms with Gasteiger partial charge in [-0.1, -0.05) is 23.4 Å². The number of nitrogens with one attached hydrogen (secondary N) is 1. The number of anilines is 2. The van der Waals surface area contributed by atoms with Crippen molar-refractivity contribution in [2.75, 3.05) is 23.3 Å². The Morgan fingerprint density at radius 3 is 2.83 bits per heavy atom. The van der Waals surface area contributed by atoms with Gasteiger partial charge in [0.15, 0.2) is 17.0 Å². The maximum atomic E-state index is 12.4. The van der Waals surface area contributed by atoms with Gasteiger partial charge >= 0.3 is 0 Å². The molecule has 0 bridgehead atoms. The number of para-hydroxylation sites is 1. The van der Waals surface area contributed by atoms with E-state index in [1.54, 1.807) is 11.7 Å². The summed E-state index contributed by atoms with van der Waals surface area (Å²) in [6, 6.07) is 7.77. The average Bonchev–Trinajstić information content (AvgIpc) is 2.91. The zero-order valence-corrected chi connectivity index (χ0v) is 13.5. The van der Waals surface area contributed by atoms with Crippen LogP contribution in [0.3, 0.4) is 0 Å². The SMILES string of the molecule is Cc1ccccc1NC(=O)C1CN(c2ncnc3c2nnn3C)C1. The summed E-state index contributed by atoms with van der Waals surface area (Å²) in [4.78, 5) is 22.9. The normalized spacial score (nSPS) is 14.7. The van der Waals surface area contributed by atoms with Crippen molar-refractivity contribution in [3.05, 3.63) is 36.2 Å². The lowest BCUT2D eigenvalue weighted by atomic mass is 9.98. The molecule has 1 aromatic carbocycles. The molecule has 3 aromatic rings. The zero-order chi connectivity index (χ0) is 16.7. The molecule has 1 aliphatic rings. The maximum absolute atomic E-state index is 12.4. The van der Waals surface area contributed by atoms with Gasteiger partial charge in [-0.05, 0) is 18.6 Å². The van der Waals surface area contributed by atoms with E-state index in [0.717, 1.165) is 17.1 Å². The minimum Gasteiger partial charge on any atom is -0.353 e. The number of fused-ring (bicyclic) bond motifs is 1. The largest absolute Gasteiger partial charge is 0.353 e. The molecule has 1 saturated heterocycles. The first-order valence-corrected chi connectivity index (χ1v) is 7.75. The first-order valence-electron chi connectivity index (χ1n) is 7.75. The summed E-state index contributed by atoms with van der Waals surface area (Å²) in [5.41, 5.74) is 3.27. The van der Waals surface area contributed by atoms with Gasteiger partial charge in [0.05, 0.1) is 5.92 Å². The lowest BCUT2D eigenvalue weighted by molar-refractivity contribution is -0.120. The fourth-order valence-corrected chi connectivity index (χ4v) is 2.84. The van der Waals surface area contributed by atoms with E-state index in [2.05, 4.69) is 25.6 Å². The third-order valence-electron chi connectivity index (χ3n) is 4.32. The van der Waals surface area contributed by atoms with Gasteiger partial charge < -0.3 is 10.2 Å². The summed E-state index contributed by atoms with van der Waals surface area (Å²) >= 11 is 0. The molecule has 2 aromatic heterocycles. The summed E-state index contributed by atoms with van der Waals surface area (Å²) < 4.78 is 1.61. The van der Waals surface area contributed by atoms with E-state index in [1.165, 1.54) is 6.33 Å². The highest BCUT2D eigenvalue weighted by Crippen LogP contribution is 2.28. The Bertz CT molecular complexity index is 914. The number of carbonyl (C=O) groups is 1. The molecule has 0 saturated carbocycles. The predicted octanol–water partition coefficient (Wildman–Crippen LogP) is 1.14. The van der Waals surface area contributed by atoms with E-state index in [9.17, 15) is 4.79 Å². The van der Waals surface area contributed by atoms with Crippen LogP contribution in [0.1, 0.15) is 5.56 Å². The highest BCUT2D eigenvalue weighted by atomic mass is 16.2. The van der Waals surface area contributed by atoms with Crippen molar-refractivity contribution in [2.45, 2.75) is 6.92 Å². The molecule has 0 radical (unpaired) electrons. The van der Waals surface area contributed by atoms with Crippen LogP contribution in [-0.4, -0.2) is 44.0 Å². The van der Waals surface area contributed by atoms with E-state index >= 15 is 0 Å². The molecule has 1 aliphatic heterocycles. The number of aromatic nitrogens is 5. The molecule has 8 nitrogen and oxygen atoms in total. The number of carbonyl (C=O) groups excluding carboxylic acids is 1. The van der Waals surface area contributed by atoms with Crippen molar-refractivity contribution >= 4 is 28.6 Å². The highest BCUT2D eigenvalue weighted by Gasteiger charge is 2.35. The van der Waals surface area contributed by atoms with Gasteiger partial charge in [-0.2, -0.15) is 0 Å². The Balaban J connectivity index is 1.46. The fraction of sp³-hybridized carbons (Fsp3) is 0.312. The zero-order valence-electron chi connectivity index (χ0n) is 13.5. The quantitative estimate of drug-likeness (QED) is 0.777. The van der Waals surface area contributed by atoms with Gasteiger partial charge in [0.2, 0.25) is 5.91 Å². The second-order valence-electron chi connectivity index (χ2n) is 5.99. The molecule has 1 amide bonds. The topological polar surface area (TPSA) is 88.8 Å². The number of benzene rings is 1.